The average Bonchev–Trinajstić information content (AvgIpc) is 3.12. The molecule has 6 nitrogen and oxygen atoms in total. The SMILES string of the molecule is O=C1C2Cc3c([nH]c4ccccc34)C(c3cccc(Cl)c3)N2C(=O)CN1CCCO. The molecular formula is C23H22ClN3O3. The Kier molecular flexibility index (Phi) is 4.76. The fraction of sp³-hybridized carbons (Fsp3) is 0.304. The number of nitrogens with one attached hydrogen (secondary N) is 1. The second-order valence-electron chi connectivity index (χ2n) is 7.88. The highest BCUT2D eigenvalue weighted by Crippen LogP contribution is 2.42. The van der Waals surface area contributed by atoms with Gasteiger partial charge in [-0.15, -0.1) is 0 Å². The average molecular weight is 424 g/mol. The van der Waals surface area contributed by atoms with Gasteiger partial charge < -0.3 is 19.9 Å². The van der Waals surface area contributed by atoms with Gasteiger partial charge in [0.15, 0.2) is 0 Å². The van der Waals surface area contributed by atoms with Crippen LogP contribution in [0, 0.1) is 0 Å². The van der Waals surface area contributed by atoms with Crippen molar-refractivity contribution in [1.29, 1.82) is 0 Å². The lowest BCUT2D eigenvalue weighted by Gasteiger charge is -2.47. The van der Waals surface area contributed by atoms with Crippen LogP contribution in [-0.4, -0.2) is 57.4 Å². The molecule has 1 aromatic heterocycles. The molecule has 154 valence electrons. The van der Waals surface area contributed by atoms with Gasteiger partial charge in [-0.25, -0.2) is 0 Å². The number of amides is 2. The van der Waals surface area contributed by atoms with Gasteiger partial charge in [0, 0.05) is 41.2 Å². The maximum Gasteiger partial charge on any atom is 0.246 e. The number of piperazine rings is 1. The number of carbonyl (C=O) groups excluding carboxylic acids is 2. The number of halogens is 1. The van der Waals surface area contributed by atoms with E-state index < -0.39 is 12.1 Å². The van der Waals surface area contributed by atoms with Crippen LogP contribution in [-0.2, 0) is 16.0 Å². The highest BCUT2D eigenvalue weighted by molar-refractivity contribution is 6.30. The van der Waals surface area contributed by atoms with Crippen molar-refractivity contribution in [3.8, 4) is 0 Å². The molecule has 3 heterocycles. The summed E-state index contributed by atoms with van der Waals surface area (Å²) < 4.78 is 0. The molecule has 5 rings (SSSR count). The topological polar surface area (TPSA) is 76.6 Å². The molecule has 0 saturated carbocycles. The summed E-state index contributed by atoms with van der Waals surface area (Å²) in [7, 11) is 0. The van der Waals surface area contributed by atoms with Crippen LogP contribution in [0.5, 0.6) is 0 Å². The molecule has 30 heavy (non-hydrogen) atoms. The third-order valence-electron chi connectivity index (χ3n) is 6.09. The smallest absolute Gasteiger partial charge is 0.246 e. The zero-order valence-electron chi connectivity index (χ0n) is 16.3. The minimum atomic E-state index is -0.569. The number of hydrogen-bond donors (Lipinski definition) is 2. The minimum Gasteiger partial charge on any atom is -0.396 e. The van der Waals surface area contributed by atoms with Gasteiger partial charge in [-0.2, -0.15) is 0 Å². The lowest BCUT2D eigenvalue weighted by molar-refractivity contribution is -0.158. The van der Waals surface area contributed by atoms with E-state index in [4.69, 9.17) is 16.7 Å². The number of hydrogen-bond acceptors (Lipinski definition) is 3. The van der Waals surface area contributed by atoms with Crippen molar-refractivity contribution in [2.24, 2.45) is 0 Å². The first kappa shape index (κ1) is 19.2. The van der Waals surface area contributed by atoms with Gasteiger partial charge in [-0.05, 0) is 35.7 Å². The number of aliphatic hydroxyl groups excluding tert-OH is 1. The first-order valence-electron chi connectivity index (χ1n) is 10.1. The van der Waals surface area contributed by atoms with Crippen LogP contribution >= 0.6 is 11.6 Å². The molecule has 2 aromatic carbocycles. The van der Waals surface area contributed by atoms with E-state index in [1.54, 1.807) is 15.9 Å². The lowest BCUT2D eigenvalue weighted by atomic mass is 9.86. The maximum absolute atomic E-state index is 13.3. The molecule has 2 aliphatic rings. The normalized spacial score (nSPS) is 21.1. The molecule has 2 N–H and O–H groups in total. The molecule has 1 fully saturated rings. The van der Waals surface area contributed by atoms with Gasteiger partial charge in [-0.1, -0.05) is 41.9 Å². The van der Waals surface area contributed by atoms with Crippen LogP contribution in [0.3, 0.4) is 0 Å². The van der Waals surface area contributed by atoms with Crippen molar-refractivity contribution in [2.75, 3.05) is 19.7 Å². The van der Waals surface area contributed by atoms with E-state index in [9.17, 15) is 9.59 Å². The summed E-state index contributed by atoms with van der Waals surface area (Å²) >= 11 is 6.28. The van der Waals surface area contributed by atoms with E-state index in [1.165, 1.54) is 0 Å². The van der Waals surface area contributed by atoms with Gasteiger partial charge >= 0.3 is 0 Å². The lowest BCUT2D eigenvalue weighted by Crippen LogP contribution is -2.63. The summed E-state index contributed by atoms with van der Waals surface area (Å²) in [4.78, 5) is 33.4. The number of H-pyrrole nitrogens is 1. The molecule has 2 aliphatic heterocycles. The molecule has 0 bridgehead atoms. The van der Waals surface area contributed by atoms with Crippen LogP contribution in [0.2, 0.25) is 5.02 Å². The van der Waals surface area contributed by atoms with Crippen LogP contribution in [0.4, 0.5) is 0 Å². The molecule has 0 spiro atoms. The van der Waals surface area contributed by atoms with Crippen molar-refractivity contribution in [3.05, 3.63) is 70.4 Å². The van der Waals surface area contributed by atoms with E-state index in [0.717, 1.165) is 27.7 Å². The van der Waals surface area contributed by atoms with Crippen LogP contribution in [0.1, 0.15) is 29.3 Å². The Hall–Kier alpha value is -2.83. The minimum absolute atomic E-state index is 0.00983. The van der Waals surface area contributed by atoms with E-state index in [0.29, 0.717) is 24.4 Å². The monoisotopic (exact) mass is 423 g/mol. The largest absolute Gasteiger partial charge is 0.396 e. The second-order valence-corrected chi connectivity index (χ2v) is 8.31. The second kappa shape index (κ2) is 7.45. The summed E-state index contributed by atoms with van der Waals surface area (Å²) in [6.07, 6.45) is 0.929. The van der Waals surface area contributed by atoms with Gasteiger partial charge in [0.25, 0.3) is 0 Å². The van der Waals surface area contributed by atoms with Crippen LogP contribution < -0.4 is 0 Å². The Morgan fingerprint density at radius 3 is 2.77 bits per heavy atom. The van der Waals surface area contributed by atoms with E-state index in [-0.39, 0.29) is 25.0 Å². The molecule has 2 atom stereocenters. The number of para-hydroxylation sites is 1. The van der Waals surface area contributed by atoms with Gasteiger partial charge in [0.1, 0.15) is 6.04 Å². The first-order chi connectivity index (χ1) is 14.6. The summed E-state index contributed by atoms with van der Waals surface area (Å²) in [5, 5.41) is 10.8. The summed E-state index contributed by atoms with van der Waals surface area (Å²) in [5.74, 6) is -0.155. The number of aliphatic hydroxyl groups is 1. The third-order valence-corrected chi connectivity index (χ3v) is 6.33. The maximum atomic E-state index is 13.3. The standard InChI is InChI=1S/C23H22ClN3O3/c24-15-6-3-5-14(11-15)22-21-17(16-7-1-2-8-18(16)25-21)12-19-23(30)26(9-4-10-28)13-20(29)27(19)22/h1-3,5-8,11,19,22,25,28H,4,9-10,12-13H2. The van der Waals surface area contributed by atoms with Crippen LogP contribution in [0.15, 0.2) is 48.5 Å². The van der Waals surface area contributed by atoms with Gasteiger partial charge in [0.05, 0.1) is 12.6 Å². The highest BCUT2D eigenvalue weighted by Gasteiger charge is 2.48. The fourth-order valence-electron chi connectivity index (χ4n) is 4.80. The van der Waals surface area contributed by atoms with Crippen molar-refractivity contribution >= 4 is 34.3 Å². The van der Waals surface area contributed by atoms with Crippen molar-refractivity contribution in [3.63, 3.8) is 0 Å². The number of nitrogens with zero attached hydrogens (tertiary/aromatic N) is 2. The summed E-state index contributed by atoms with van der Waals surface area (Å²) in [5.41, 5.74) is 3.89. The number of aromatic nitrogens is 1. The quantitative estimate of drug-likeness (QED) is 0.677. The number of fused-ring (bicyclic) bond motifs is 4. The van der Waals surface area contributed by atoms with Crippen molar-refractivity contribution in [2.45, 2.75) is 24.9 Å². The molecule has 0 radical (unpaired) electrons. The molecule has 1 saturated heterocycles. The number of benzene rings is 2. The molecule has 3 aromatic rings. The van der Waals surface area contributed by atoms with Gasteiger partial charge in [0.2, 0.25) is 11.8 Å². The Balaban J connectivity index is 1.67. The summed E-state index contributed by atoms with van der Waals surface area (Å²) in [6.45, 7) is 0.403. The van der Waals surface area contributed by atoms with Gasteiger partial charge in [-0.3, -0.25) is 9.59 Å². The zero-order chi connectivity index (χ0) is 20.8. The predicted octanol–water partition coefficient (Wildman–Crippen LogP) is 2.89. The number of rotatable bonds is 4. The third kappa shape index (κ3) is 2.99. The highest BCUT2D eigenvalue weighted by atomic mass is 35.5. The summed E-state index contributed by atoms with van der Waals surface area (Å²) in [6, 6.07) is 14.5. The van der Waals surface area contributed by atoms with Crippen molar-refractivity contribution in [1.82, 2.24) is 14.8 Å². The number of aromatic amines is 1. The molecule has 7 heteroatoms. The number of carbonyl (C=O) groups is 2. The van der Waals surface area contributed by atoms with Crippen LogP contribution in [0.25, 0.3) is 10.9 Å². The van der Waals surface area contributed by atoms with E-state index in [1.807, 2.05) is 42.5 Å². The Labute approximate surface area is 179 Å². The fourth-order valence-corrected chi connectivity index (χ4v) is 5.00. The predicted molar refractivity (Wildman–Crippen MR) is 114 cm³/mol. The Bertz CT molecular complexity index is 1140. The Morgan fingerprint density at radius 1 is 1.13 bits per heavy atom. The molecule has 2 amide bonds. The molecule has 0 aliphatic carbocycles. The molecule has 2 unspecified atom stereocenters. The Morgan fingerprint density at radius 2 is 1.97 bits per heavy atom. The first-order valence-corrected chi connectivity index (χ1v) is 10.5. The van der Waals surface area contributed by atoms with E-state index in [2.05, 4.69) is 4.98 Å². The van der Waals surface area contributed by atoms with E-state index >= 15 is 0 Å². The zero-order valence-corrected chi connectivity index (χ0v) is 17.1. The van der Waals surface area contributed by atoms with Crippen molar-refractivity contribution < 1.29 is 14.7 Å². The molecular weight excluding hydrogens is 402 g/mol.